The molecule has 3 rings (SSSR count). The molecule has 3 nitrogen and oxygen atoms in total. The number of hydrogen-bond acceptors (Lipinski definition) is 3. The van der Waals surface area contributed by atoms with Crippen molar-refractivity contribution in [1.29, 1.82) is 0 Å². The number of carbonyl (C=O) groups is 1. The van der Waals surface area contributed by atoms with Gasteiger partial charge in [-0.25, -0.2) is 0 Å². The van der Waals surface area contributed by atoms with E-state index in [0.717, 1.165) is 12.3 Å². The highest BCUT2D eigenvalue weighted by Crippen LogP contribution is 2.45. The summed E-state index contributed by atoms with van der Waals surface area (Å²) in [7, 11) is 0. The first-order chi connectivity index (χ1) is 10.2. The molecule has 1 N–H and O–H groups in total. The first-order valence-corrected chi connectivity index (χ1v) is 9.21. The lowest BCUT2D eigenvalue weighted by Crippen LogP contribution is -2.36. The zero-order chi connectivity index (χ0) is 15.0. The Kier molecular flexibility index (Phi) is 4.36. The van der Waals surface area contributed by atoms with Gasteiger partial charge in [-0.3, -0.25) is 10.1 Å². The summed E-state index contributed by atoms with van der Waals surface area (Å²) in [5.74, 6) is 1.44. The minimum Gasteiger partial charge on any atom is -0.318 e. The van der Waals surface area contributed by atoms with E-state index in [2.05, 4.69) is 47.8 Å². The first-order valence-electron chi connectivity index (χ1n) is 8.27. The zero-order valence-electron chi connectivity index (χ0n) is 13.2. The molecule has 1 saturated heterocycles. The van der Waals surface area contributed by atoms with Gasteiger partial charge in [0.05, 0.1) is 6.04 Å². The minimum atomic E-state index is -0.0113. The number of rotatable bonds is 6. The van der Waals surface area contributed by atoms with Gasteiger partial charge in [0.1, 0.15) is 6.17 Å². The number of nitrogens with zero attached hydrogens (tertiary/aromatic N) is 1. The molecule has 2 fully saturated rings. The van der Waals surface area contributed by atoms with Crippen molar-refractivity contribution in [3.8, 4) is 0 Å². The van der Waals surface area contributed by atoms with E-state index in [4.69, 9.17) is 0 Å². The molecule has 0 bridgehead atoms. The summed E-state index contributed by atoms with van der Waals surface area (Å²) in [6, 6.07) is 2.60. The van der Waals surface area contributed by atoms with Crippen LogP contribution in [0.2, 0.25) is 0 Å². The topological polar surface area (TPSA) is 32.3 Å². The van der Waals surface area contributed by atoms with Crippen molar-refractivity contribution >= 4 is 17.2 Å². The normalized spacial score (nSPS) is 33.5. The molecule has 5 unspecified atom stereocenters. The maximum atomic E-state index is 12.9. The Balaban J connectivity index is 1.81. The third-order valence-corrected chi connectivity index (χ3v) is 5.81. The Morgan fingerprint density at radius 2 is 2.29 bits per heavy atom. The van der Waals surface area contributed by atoms with Gasteiger partial charge < -0.3 is 4.90 Å². The van der Waals surface area contributed by atoms with E-state index in [9.17, 15) is 4.79 Å². The standard InChI is InChI=1S/C17H26N2OS/c1-4-6-12-9-14(12)19-16(13-7-8-21-10-13)18-15(17(19)20)11(3)5-2/h7-8,10-12,14-16,18H,4-6,9H2,1-3H3. The molecular formula is C17H26N2OS. The molecule has 1 saturated carbocycles. The van der Waals surface area contributed by atoms with Crippen LogP contribution < -0.4 is 5.32 Å². The highest BCUT2D eigenvalue weighted by molar-refractivity contribution is 7.07. The maximum absolute atomic E-state index is 12.9. The van der Waals surface area contributed by atoms with E-state index >= 15 is 0 Å². The Hall–Kier alpha value is -0.870. The molecule has 1 aliphatic carbocycles. The molecule has 5 atom stereocenters. The van der Waals surface area contributed by atoms with Gasteiger partial charge in [-0.15, -0.1) is 0 Å². The van der Waals surface area contributed by atoms with Crippen LogP contribution in [0.15, 0.2) is 16.8 Å². The van der Waals surface area contributed by atoms with Crippen LogP contribution in [0.4, 0.5) is 0 Å². The Morgan fingerprint density at radius 1 is 1.48 bits per heavy atom. The van der Waals surface area contributed by atoms with Crippen LogP contribution in [0.25, 0.3) is 0 Å². The summed E-state index contributed by atoms with van der Waals surface area (Å²) in [4.78, 5) is 15.1. The van der Waals surface area contributed by atoms with E-state index < -0.39 is 0 Å². The smallest absolute Gasteiger partial charge is 0.241 e. The number of nitrogens with one attached hydrogen (secondary N) is 1. The first kappa shape index (κ1) is 15.0. The highest BCUT2D eigenvalue weighted by Gasteiger charge is 2.52. The van der Waals surface area contributed by atoms with Crippen LogP contribution in [-0.4, -0.2) is 22.9 Å². The number of hydrogen-bond donors (Lipinski definition) is 1. The Labute approximate surface area is 131 Å². The fourth-order valence-corrected chi connectivity index (χ4v) is 4.23. The number of thiophene rings is 1. The van der Waals surface area contributed by atoms with E-state index in [-0.39, 0.29) is 12.2 Å². The lowest BCUT2D eigenvalue weighted by atomic mass is 9.99. The van der Waals surface area contributed by atoms with Crippen molar-refractivity contribution in [2.24, 2.45) is 11.8 Å². The molecule has 1 amide bonds. The van der Waals surface area contributed by atoms with Gasteiger partial charge in [0, 0.05) is 6.04 Å². The summed E-state index contributed by atoms with van der Waals surface area (Å²) in [6.07, 6.45) is 4.79. The Morgan fingerprint density at radius 3 is 2.90 bits per heavy atom. The average molecular weight is 306 g/mol. The van der Waals surface area contributed by atoms with Gasteiger partial charge in [0.15, 0.2) is 0 Å². The van der Waals surface area contributed by atoms with Crippen molar-refractivity contribution < 1.29 is 4.79 Å². The van der Waals surface area contributed by atoms with Gasteiger partial charge in [0.25, 0.3) is 0 Å². The fourth-order valence-electron chi connectivity index (χ4n) is 3.55. The van der Waals surface area contributed by atoms with Crippen LogP contribution in [-0.2, 0) is 4.79 Å². The quantitative estimate of drug-likeness (QED) is 0.867. The van der Waals surface area contributed by atoms with Crippen molar-refractivity contribution in [3.63, 3.8) is 0 Å². The zero-order valence-corrected chi connectivity index (χ0v) is 14.0. The maximum Gasteiger partial charge on any atom is 0.241 e. The third kappa shape index (κ3) is 2.76. The second kappa shape index (κ2) is 6.09. The van der Waals surface area contributed by atoms with E-state index in [1.54, 1.807) is 11.3 Å². The summed E-state index contributed by atoms with van der Waals surface area (Å²) in [6.45, 7) is 6.58. The lowest BCUT2D eigenvalue weighted by Gasteiger charge is -2.24. The Bertz CT molecular complexity index is 487. The molecule has 2 aliphatic rings. The second-order valence-corrected chi connectivity index (χ2v) is 7.37. The second-order valence-electron chi connectivity index (χ2n) is 6.59. The molecular weight excluding hydrogens is 280 g/mol. The lowest BCUT2D eigenvalue weighted by molar-refractivity contribution is -0.131. The van der Waals surface area contributed by atoms with Crippen molar-refractivity contribution in [2.45, 2.75) is 64.7 Å². The molecule has 2 heterocycles. The van der Waals surface area contributed by atoms with Crippen LogP contribution in [0.3, 0.4) is 0 Å². The number of carbonyl (C=O) groups excluding carboxylic acids is 1. The molecule has 116 valence electrons. The van der Waals surface area contributed by atoms with Gasteiger partial charge in [-0.2, -0.15) is 11.3 Å². The number of amides is 1. The molecule has 1 aromatic rings. The molecule has 21 heavy (non-hydrogen) atoms. The molecule has 0 radical (unpaired) electrons. The summed E-state index contributed by atoms with van der Waals surface area (Å²) in [5.41, 5.74) is 1.25. The minimum absolute atomic E-state index is 0.0113. The van der Waals surface area contributed by atoms with Gasteiger partial charge >= 0.3 is 0 Å². The summed E-state index contributed by atoms with van der Waals surface area (Å²) >= 11 is 1.71. The predicted octanol–water partition coefficient (Wildman–Crippen LogP) is 3.78. The molecule has 1 aromatic heterocycles. The van der Waals surface area contributed by atoms with Gasteiger partial charge in [-0.05, 0) is 47.1 Å². The average Bonchev–Trinajstić information content (AvgIpc) is 2.92. The fraction of sp³-hybridized carbons (Fsp3) is 0.706. The highest BCUT2D eigenvalue weighted by atomic mass is 32.1. The van der Waals surface area contributed by atoms with Gasteiger partial charge in [-0.1, -0.05) is 33.6 Å². The van der Waals surface area contributed by atoms with E-state index in [1.165, 1.54) is 24.8 Å². The van der Waals surface area contributed by atoms with Crippen LogP contribution in [0, 0.1) is 11.8 Å². The van der Waals surface area contributed by atoms with Crippen molar-refractivity contribution in [3.05, 3.63) is 22.4 Å². The van der Waals surface area contributed by atoms with Crippen molar-refractivity contribution in [2.75, 3.05) is 0 Å². The van der Waals surface area contributed by atoms with Crippen LogP contribution in [0.1, 0.15) is 58.2 Å². The van der Waals surface area contributed by atoms with E-state index in [1.807, 2.05) is 0 Å². The summed E-state index contributed by atoms with van der Waals surface area (Å²) < 4.78 is 0. The van der Waals surface area contributed by atoms with Gasteiger partial charge in [0.2, 0.25) is 5.91 Å². The van der Waals surface area contributed by atoms with Crippen LogP contribution in [0.5, 0.6) is 0 Å². The van der Waals surface area contributed by atoms with Crippen LogP contribution >= 0.6 is 11.3 Å². The monoisotopic (exact) mass is 306 g/mol. The molecule has 0 aromatic carbocycles. The largest absolute Gasteiger partial charge is 0.318 e. The SMILES string of the molecule is CCCC1CC1N1C(=O)C(C(C)CC)NC1c1ccsc1. The molecule has 0 spiro atoms. The van der Waals surface area contributed by atoms with Crippen molar-refractivity contribution in [1.82, 2.24) is 10.2 Å². The summed E-state index contributed by atoms with van der Waals surface area (Å²) in [5, 5.41) is 7.89. The molecule has 4 heteroatoms. The predicted molar refractivity (Wildman–Crippen MR) is 87.1 cm³/mol. The molecule has 1 aliphatic heterocycles. The van der Waals surface area contributed by atoms with E-state index in [0.29, 0.717) is 17.9 Å². The third-order valence-electron chi connectivity index (χ3n) is 5.11.